The molecule has 0 unspecified atom stereocenters. The Morgan fingerprint density at radius 3 is 2.72 bits per heavy atom. The summed E-state index contributed by atoms with van der Waals surface area (Å²) < 4.78 is 10.0. The number of aryl methyl sites for hydroxylation is 1. The topological polar surface area (TPSA) is 77.5 Å². The lowest BCUT2D eigenvalue weighted by molar-refractivity contribution is -0.0966. The standard InChI is InChI=1S/C24H24N6O2/c1-28-12-13-30-22(28)19(16-26-30)23(31)29-10-8-24(9-11-29)20-18(7-14-32-24)15-25-21(27-20)17-5-3-2-4-6-17/h2-6,12-13,15-16H,7-11,14H2,1H3. The molecule has 1 amide bonds. The molecule has 162 valence electrons. The summed E-state index contributed by atoms with van der Waals surface area (Å²) in [6.07, 6.45) is 9.62. The second kappa shape index (κ2) is 7.27. The van der Waals surface area contributed by atoms with Gasteiger partial charge in [0.25, 0.3) is 5.91 Å². The zero-order valence-corrected chi connectivity index (χ0v) is 17.9. The summed E-state index contributed by atoms with van der Waals surface area (Å²) in [5.74, 6) is 0.735. The van der Waals surface area contributed by atoms with E-state index in [1.165, 1.54) is 0 Å². The first-order valence-corrected chi connectivity index (χ1v) is 11.0. The van der Waals surface area contributed by atoms with E-state index < -0.39 is 5.60 Å². The maximum Gasteiger partial charge on any atom is 0.259 e. The molecule has 1 aromatic carbocycles. The predicted molar refractivity (Wildman–Crippen MR) is 118 cm³/mol. The van der Waals surface area contributed by atoms with Crippen molar-refractivity contribution in [2.45, 2.75) is 24.9 Å². The van der Waals surface area contributed by atoms with Gasteiger partial charge in [0.1, 0.15) is 16.8 Å². The van der Waals surface area contributed by atoms with Crippen molar-refractivity contribution in [2.24, 2.45) is 7.05 Å². The summed E-state index contributed by atoms with van der Waals surface area (Å²) in [6.45, 7) is 1.89. The van der Waals surface area contributed by atoms with Crippen LogP contribution in [0.15, 0.2) is 55.1 Å². The Morgan fingerprint density at radius 2 is 1.91 bits per heavy atom. The van der Waals surface area contributed by atoms with Crippen LogP contribution in [0.1, 0.15) is 34.5 Å². The predicted octanol–water partition coefficient (Wildman–Crippen LogP) is 2.83. The van der Waals surface area contributed by atoms with Crippen molar-refractivity contribution >= 4 is 11.6 Å². The lowest BCUT2D eigenvalue weighted by Gasteiger charge is -2.44. The highest BCUT2D eigenvalue weighted by Gasteiger charge is 2.43. The molecule has 0 saturated carbocycles. The van der Waals surface area contributed by atoms with Gasteiger partial charge in [0.15, 0.2) is 5.82 Å². The van der Waals surface area contributed by atoms with E-state index in [1.807, 2.05) is 65.4 Å². The Balaban J connectivity index is 1.28. The summed E-state index contributed by atoms with van der Waals surface area (Å²) >= 11 is 0. The molecule has 0 N–H and O–H groups in total. The smallest absolute Gasteiger partial charge is 0.259 e. The van der Waals surface area contributed by atoms with Crippen LogP contribution in [0.25, 0.3) is 17.0 Å². The highest BCUT2D eigenvalue weighted by molar-refractivity contribution is 5.99. The maximum absolute atomic E-state index is 13.3. The normalized spacial score (nSPS) is 17.6. The molecule has 0 radical (unpaired) electrons. The number of carbonyl (C=O) groups excluding carboxylic acids is 1. The highest BCUT2D eigenvalue weighted by atomic mass is 16.5. The van der Waals surface area contributed by atoms with Gasteiger partial charge in [0.05, 0.1) is 18.5 Å². The lowest BCUT2D eigenvalue weighted by atomic mass is 9.83. The molecule has 0 atom stereocenters. The summed E-state index contributed by atoms with van der Waals surface area (Å²) in [4.78, 5) is 24.8. The van der Waals surface area contributed by atoms with Crippen molar-refractivity contribution in [1.29, 1.82) is 0 Å². The number of imidazole rings is 1. The van der Waals surface area contributed by atoms with Crippen molar-refractivity contribution in [3.63, 3.8) is 0 Å². The zero-order valence-electron chi connectivity index (χ0n) is 17.9. The Kier molecular flexibility index (Phi) is 4.36. The zero-order chi connectivity index (χ0) is 21.7. The lowest BCUT2D eigenvalue weighted by Crippen LogP contribution is -2.49. The van der Waals surface area contributed by atoms with Gasteiger partial charge >= 0.3 is 0 Å². The fraction of sp³-hybridized carbons (Fsp3) is 0.333. The van der Waals surface area contributed by atoms with Crippen LogP contribution >= 0.6 is 0 Å². The fourth-order valence-electron chi connectivity index (χ4n) is 4.96. The van der Waals surface area contributed by atoms with Gasteiger partial charge in [0, 0.05) is 44.3 Å². The van der Waals surface area contributed by atoms with Gasteiger partial charge < -0.3 is 14.2 Å². The Labute approximate surface area is 185 Å². The SMILES string of the molecule is Cn1ccn2ncc(C(=O)N3CCC4(CC3)OCCc3cnc(-c5ccccc5)nc34)c12. The minimum Gasteiger partial charge on any atom is -0.368 e. The Morgan fingerprint density at radius 1 is 1.09 bits per heavy atom. The van der Waals surface area contributed by atoms with Crippen molar-refractivity contribution in [2.75, 3.05) is 19.7 Å². The first-order valence-electron chi connectivity index (χ1n) is 11.0. The number of benzene rings is 1. The molecular weight excluding hydrogens is 404 g/mol. The minimum absolute atomic E-state index is 0.0142. The van der Waals surface area contributed by atoms with Crippen LogP contribution in [0.2, 0.25) is 0 Å². The second-order valence-corrected chi connectivity index (χ2v) is 8.55. The molecule has 4 aromatic rings. The van der Waals surface area contributed by atoms with Gasteiger partial charge in [-0.1, -0.05) is 30.3 Å². The third-order valence-corrected chi connectivity index (χ3v) is 6.70. The van der Waals surface area contributed by atoms with Gasteiger partial charge in [-0.3, -0.25) is 4.79 Å². The maximum atomic E-state index is 13.3. The number of hydrogen-bond acceptors (Lipinski definition) is 5. The molecule has 3 aromatic heterocycles. The summed E-state index contributed by atoms with van der Waals surface area (Å²) in [5.41, 5.74) is 4.12. The molecule has 0 aliphatic carbocycles. The van der Waals surface area contributed by atoms with Crippen LogP contribution in [0.3, 0.4) is 0 Å². The Hall–Kier alpha value is -3.52. The Bertz CT molecular complexity index is 1300. The molecule has 6 rings (SSSR count). The first kappa shape index (κ1) is 19.2. The number of rotatable bonds is 2. The van der Waals surface area contributed by atoms with Crippen molar-refractivity contribution in [3.05, 3.63) is 71.9 Å². The van der Waals surface area contributed by atoms with Gasteiger partial charge in [0.2, 0.25) is 0 Å². The molecule has 2 aliphatic heterocycles. The molecule has 8 heteroatoms. The highest BCUT2D eigenvalue weighted by Crippen LogP contribution is 2.41. The first-order chi connectivity index (χ1) is 15.6. The molecule has 5 heterocycles. The third kappa shape index (κ3) is 2.94. The van der Waals surface area contributed by atoms with Gasteiger partial charge in [-0.2, -0.15) is 5.10 Å². The molecule has 8 nitrogen and oxygen atoms in total. The number of ether oxygens (including phenoxy) is 1. The molecular formula is C24H24N6O2. The van der Waals surface area contributed by atoms with Gasteiger partial charge in [-0.15, -0.1) is 0 Å². The average molecular weight is 428 g/mol. The molecule has 1 fully saturated rings. The number of fused-ring (bicyclic) bond motifs is 3. The van der Waals surface area contributed by atoms with E-state index in [0.717, 1.165) is 34.7 Å². The summed E-state index contributed by atoms with van der Waals surface area (Å²) in [5, 5.41) is 4.31. The molecule has 32 heavy (non-hydrogen) atoms. The summed E-state index contributed by atoms with van der Waals surface area (Å²) in [7, 11) is 1.93. The van der Waals surface area contributed by atoms with Gasteiger partial charge in [-0.25, -0.2) is 14.5 Å². The number of nitrogens with zero attached hydrogens (tertiary/aromatic N) is 6. The van der Waals surface area contributed by atoms with Crippen LogP contribution in [-0.4, -0.2) is 54.7 Å². The quantitative estimate of drug-likeness (QED) is 0.491. The number of hydrogen-bond donors (Lipinski definition) is 0. The largest absolute Gasteiger partial charge is 0.368 e. The molecule has 2 aliphatic rings. The molecule has 1 saturated heterocycles. The van der Waals surface area contributed by atoms with E-state index in [1.54, 1.807) is 10.7 Å². The van der Waals surface area contributed by atoms with E-state index in [2.05, 4.69) is 10.1 Å². The van der Waals surface area contributed by atoms with E-state index in [4.69, 9.17) is 9.72 Å². The van der Waals surface area contributed by atoms with Crippen LogP contribution in [-0.2, 0) is 23.8 Å². The number of carbonyl (C=O) groups is 1. The number of aromatic nitrogens is 5. The monoisotopic (exact) mass is 428 g/mol. The van der Waals surface area contributed by atoms with Crippen molar-refractivity contribution in [3.8, 4) is 11.4 Å². The van der Waals surface area contributed by atoms with Crippen LogP contribution in [0, 0.1) is 0 Å². The second-order valence-electron chi connectivity index (χ2n) is 8.55. The number of piperidine rings is 1. The number of amides is 1. The fourth-order valence-corrected chi connectivity index (χ4v) is 4.96. The summed E-state index contributed by atoms with van der Waals surface area (Å²) in [6, 6.07) is 10.0. The third-order valence-electron chi connectivity index (χ3n) is 6.70. The van der Waals surface area contributed by atoms with Crippen LogP contribution in [0.5, 0.6) is 0 Å². The van der Waals surface area contributed by atoms with Crippen molar-refractivity contribution < 1.29 is 9.53 Å². The van der Waals surface area contributed by atoms with Crippen LogP contribution < -0.4 is 0 Å². The van der Waals surface area contributed by atoms with Crippen molar-refractivity contribution in [1.82, 2.24) is 29.0 Å². The number of likely N-dealkylation sites (tertiary alicyclic amines) is 1. The van der Waals surface area contributed by atoms with E-state index in [9.17, 15) is 4.79 Å². The molecule has 0 bridgehead atoms. The molecule has 1 spiro atoms. The van der Waals surface area contributed by atoms with Gasteiger partial charge in [-0.05, 0) is 24.8 Å². The van der Waals surface area contributed by atoms with Crippen LogP contribution in [0.4, 0.5) is 0 Å². The van der Waals surface area contributed by atoms with E-state index >= 15 is 0 Å². The average Bonchev–Trinajstić information content (AvgIpc) is 3.43. The van der Waals surface area contributed by atoms with E-state index in [0.29, 0.717) is 38.1 Å². The van der Waals surface area contributed by atoms with E-state index in [-0.39, 0.29) is 5.91 Å². The minimum atomic E-state index is -0.462.